The highest BCUT2D eigenvalue weighted by molar-refractivity contribution is 7.09. The summed E-state index contributed by atoms with van der Waals surface area (Å²) in [5.74, 6) is -0.340. The lowest BCUT2D eigenvalue weighted by molar-refractivity contribution is -0.139. The van der Waals surface area contributed by atoms with E-state index in [4.69, 9.17) is 14.6 Å². The minimum absolute atomic E-state index is 0.0615. The maximum Gasteiger partial charge on any atom is 0.341 e. The lowest BCUT2D eigenvalue weighted by atomic mass is 10.1. The Balaban J connectivity index is 2.23. The van der Waals surface area contributed by atoms with Crippen LogP contribution in [0.15, 0.2) is 41.8 Å². The number of allylic oxidation sites excluding steroid dienone is 1. The third-order valence-corrected chi connectivity index (χ3v) is 4.97. The molecule has 1 aromatic heterocycles. The molecule has 150 valence electrons. The predicted octanol–water partition coefficient (Wildman–Crippen LogP) is 4.06. The smallest absolute Gasteiger partial charge is 0.341 e. The normalized spacial score (nSPS) is 11.2. The highest BCUT2D eigenvalue weighted by Gasteiger charge is 2.12. The number of ether oxygens (including phenoxy) is 2. The number of carbonyl (C=O) groups excluding carboxylic acids is 1. The van der Waals surface area contributed by atoms with Gasteiger partial charge >= 0.3 is 5.97 Å². The van der Waals surface area contributed by atoms with Gasteiger partial charge in [0.05, 0.1) is 0 Å². The van der Waals surface area contributed by atoms with E-state index in [2.05, 4.69) is 0 Å². The fourth-order valence-corrected chi connectivity index (χ4v) is 3.18. The maximum atomic E-state index is 12.3. The van der Waals surface area contributed by atoms with Crippen molar-refractivity contribution in [1.82, 2.24) is 4.90 Å². The minimum atomic E-state index is -1.07. The van der Waals surface area contributed by atoms with E-state index in [1.807, 2.05) is 44.4 Å². The van der Waals surface area contributed by atoms with E-state index in [0.29, 0.717) is 31.2 Å². The third kappa shape index (κ3) is 6.13. The van der Waals surface area contributed by atoms with Gasteiger partial charge in [-0.1, -0.05) is 12.1 Å². The topological polar surface area (TPSA) is 76.1 Å². The molecule has 28 heavy (non-hydrogen) atoms. The molecule has 0 saturated heterocycles. The zero-order chi connectivity index (χ0) is 20.5. The summed E-state index contributed by atoms with van der Waals surface area (Å²) in [6, 6.07) is 9.17. The quantitative estimate of drug-likeness (QED) is 0.606. The van der Waals surface area contributed by atoms with Gasteiger partial charge in [0.1, 0.15) is 6.61 Å². The van der Waals surface area contributed by atoms with Crippen LogP contribution in [0.25, 0.3) is 5.57 Å². The van der Waals surface area contributed by atoms with Crippen molar-refractivity contribution in [1.29, 1.82) is 0 Å². The summed E-state index contributed by atoms with van der Waals surface area (Å²) >= 11 is 1.58. The molecule has 0 aliphatic heterocycles. The van der Waals surface area contributed by atoms with Crippen molar-refractivity contribution in [2.75, 3.05) is 19.7 Å². The highest BCUT2D eigenvalue weighted by atomic mass is 32.1. The minimum Gasteiger partial charge on any atom is -0.484 e. The van der Waals surface area contributed by atoms with Crippen molar-refractivity contribution in [3.8, 4) is 11.5 Å². The Hall–Kier alpha value is -2.80. The number of nitrogens with zero attached hydrogens (tertiary/aromatic N) is 1. The van der Waals surface area contributed by atoms with Gasteiger partial charge < -0.3 is 19.5 Å². The molecule has 1 aromatic carbocycles. The first-order valence-corrected chi connectivity index (χ1v) is 9.94. The van der Waals surface area contributed by atoms with E-state index in [9.17, 15) is 9.59 Å². The molecule has 0 spiro atoms. The second kappa shape index (κ2) is 10.5. The summed E-state index contributed by atoms with van der Waals surface area (Å²) < 4.78 is 11.2. The molecule has 1 amide bonds. The average Bonchev–Trinajstić information content (AvgIpc) is 3.19. The molecule has 6 nitrogen and oxygen atoms in total. The first-order valence-electron chi connectivity index (χ1n) is 9.06. The Morgan fingerprint density at radius 3 is 2.50 bits per heavy atom. The lowest BCUT2D eigenvalue weighted by Gasteiger charge is -2.17. The zero-order valence-electron chi connectivity index (χ0n) is 16.3. The van der Waals surface area contributed by atoms with Crippen LogP contribution in [0.5, 0.6) is 11.5 Å². The Bertz CT molecular complexity index is 825. The molecule has 2 rings (SSSR count). The molecule has 1 N–H and O–H groups in total. The molecule has 2 aromatic rings. The molecule has 0 unspecified atom stereocenters. The van der Waals surface area contributed by atoms with Crippen molar-refractivity contribution in [3.05, 3.63) is 52.2 Å². The molecule has 0 aliphatic rings. The number of carboxylic acids is 1. The van der Waals surface area contributed by atoms with E-state index in [1.165, 1.54) is 0 Å². The summed E-state index contributed by atoms with van der Waals surface area (Å²) in [6.45, 7) is 6.88. The number of rotatable bonds is 10. The van der Waals surface area contributed by atoms with E-state index >= 15 is 0 Å². The largest absolute Gasteiger partial charge is 0.484 e. The molecule has 0 bridgehead atoms. The highest BCUT2D eigenvalue weighted by Crippen LogP contribution is 2.32. The number of thiophene rings is 1. The molecular weight excluding hydrogens is 378 g/mol. The van der Waals surface area contributed by atoms with Crippen molar-refractivity contribution in [3.63, 3.8) is 0 Å². The molecule has 7 heteroatoms. The van der Waals surface area contributed by atoms with Crippen LogP contribution in [0.3, 0.4) is 0 Å². The fourth-order valence-electron chi connectivity index (χ4n) is 2.56. The SMILES string of the molecule is CCN(CC)C(=O)C=C(C)c1ccc(OCc2cccs2)c(OCC(=O)O)c1. The Morgan fingerprint density at radius 2 is 1.89 bits per heavy atom. The van der Waals surface area contributed by atoms with Gasteiger partial charge in [0.15, 0.2) is 18.1 Å². The van der Waals surface area contributed by atoms with Gasteiger partial charge in [0, 0.05) is 24.0 Å². The van der Waals surface area contributed by atoms with Gasteiger partial charge in [0.2, 0.25) is 5.91 Å². The number of benzene rings is 1. The summed E-state index contributed by atoms with van der Waals surface area (Å²) in [4.78, 5) is 26.0. The van der Waals surface area contributed by atoms with Crippen LogP contribution < -0.4 is 9.47 Å². The van der Waals surface area contributed by atoms with Gasteiger partial charge in [-0.25, -0.2) is 4.79 Å². The van der Waals surface area contributed by atoms with Crippen LogP contribution >= 0.6 is 11.3 Å². The molecular formula is C21H25NO5S. The fraction of sp³-hybridized carbons (Fsp3) is 0.333. The van der Waals surface area contributed by atoms with Gasteiger partial charge in [0.25, 0.3) is 0 Å². The number of likely N-dealkylation sites (N-methyl/N-ethyl adjacent to an activating group) is 1. The van der Waals surface area contributed by atoms with Crippen LogP contribution in [0.4, 0.5) is 0 Å². The number of hydrogen-bond acceptors (Lipinski definition) is 5. The van der Waals surface area contributed by atoms with E-state index in [1.54, 1.807) is 34.4 Å². The molecule has 0 fully saturated rings. The maximum absolute atomic E-state index is 12.3. The van der Waals surface area contributed by atoms with E-state index in [-0.39, 0.29) is 5.91 Å². The van der Waals surface area contributed by atoms with Crippen molar-refractivity contribution < 1.29 is 24.2 Å². The van der Waals surface area contributed by atoms with Crippen molar-refractivity contribution >= 4 is 28.8 Å². The number of carboxylic acid groups (broad SMARTS) is 1. The van der Waals surface area contributed by atoms with E-state index in [0.717, 1.165) is 16.0 Å². The Labute approximate surface area is 169 Å². The third-order valence-electron chi connectivity index (χ3n) is 4.12. The summed E-state index contributed by atoms with van der Waals surface area (Å²) in [7, 11) is 0. The summed E-state index contributed by atoms with van der Waals surface area (Å²) in [5, 5.41) is 10.9. The van der Waals surface area contributed by atoms with Gasteiger partial charge in [-0.05, 0) is 55.5 Å². The van der Waals surface area contributed by atoms with Crippen LogP contribution in [0.1, 0.15) is 31.2 Å². The van der Waals surface area contributed by atoms with Crippen molar-refractivity contribution in [2.45, 2.75) is 27.4 Å². The second-order valence-corrected chi connectivity index (χ2v) is 7.08. The van der Waals surface area contributed by atoms with Crippen molar-refractivity contribution in [2.24, 2.45) is 0 Å². The lowest BCUT2D eigenvalue weighted by Crippen LogP contribution is -2.28. The molecule has 0 radical (unpaired) electrons. The predicted molar refractivity (Wildman–Crippen MR) is 110 cm³/mol. The number of amides is 1. The van der Waals surface area contributed by atoms with Crippen LogP contribution in [0.2, 0.25) is 0 Å². The molecule has 0 atom stereocenters. The van der Waals surface area contributed by atoms with Crippen LogP contribution in [-0.4, -0.2) is 41.6 Å². The Kier molecular flexibility index (Phi) is 8.07. The number of carbonyl (C=O) groups is 2. The van der Waals surface area contributed by atoms with Crippen LogP contribution in [0, 0.1) is 0 Å². The summed E-state index contributed by atoms with van der Waals surface area (Å²) in [5.41, 5.74) is 1.53. The molecule has 1 heterocycles. The molecule has 0 saturated carbocycles. The summed E-state index contributed by atoms with van der Waals surface area (Å²) in [6.07, 6.45) is 1.58. The second-order valence-electron chi connectivity index (χ2n) is 6.05. The number of hydrogen-bond donors (Lipinski definition) is 1. The first kappa shape index (κ1) is 21.5. The van der Waals surface area contributed by atoms with Crippen LogP contribution in [-0.2, 0) is 16.2 Å². The van der Waals surface area contributed by atoms with Gasteiger partial charge in [-0.3, -0.25) is 4.79 Å². The van der Waals surface area contributed by atoms with E-state index < -0.39 is 12.6 Å². The number of aliphatic carboxylic acids is 1. The standard InChI is InChI=1S/C21H25NO5S/c1-4-22(5-2)20(23)11-15(3)16-8-9-18(19(12-16)27-14-21(24)25)26-13-17-7-6-10-28-17/h6-12H,4-5,13-14H2,1-3H3,(H,24,25). The Morgan fingerprint density at radius 1 is 1.14 bits per heavy atom. The zero-order valence-corrected chi connectivity index (χ0v) is 17.1. The molecule has 0 aliphatic carbocycles. The van der Waals surface area contributed by atoms with Gasteiger partial charge in [-0.15, -0.1) is 11.3 Å². The average molecular weight is 404 g/mol. The monoisotopic (exact) mass is 403 g/mol. The van der Waals surface area contributed by atoms with Gasteiger partial charge in [-0.2, -0.15) is 0 Å². The first-order chi connectivity index (χ1) is 13.4.